The van der Waals surface area contributed by atoms with E-state index < -0.39 is 20.8 Å². The molecule has 0 N–H and O–H groups in total. The maximum atomic E-state index is 4.93. The van der Waals surface area contributed by atoms with Gasteiger partial charge in [0.25, 0.3) is 0 Å². The fraction of sp³-hybridized carbons (Fsp3) is 0.524. The first-order valence-electron chi connectivity index (χ1n) is 8.53. The predicted molar refractivity (Wildman–Crippen MR) is 104 cm³/mol. The van der Waals surface area contributed by atoms with Crippen LogP contribution in [-0.4, -0.2) is 0 Å². The zero-order valence-electron chi connectivity index (χ0n) is 15.6. The van der Waals surface area contributed by atoms with E-state index in [4.69, 9.17) is 17.0 Å². The van der Waals surface area contributed by atoms with E-state index in [-0.39, 0.29) is 16.2 Å². The first-order valence-corrected chi connectivity index (χ1v) is 14.9. The van der Waals surface area contributed by atoms with E-state index in [9.17, 15) is 0 Å². The molecule has 3 rings (SSSR count). The summed E-state index contributed by atoms with van der Waals surface area (Å²) in [5, 5.41) is 0. The Morgan fingerprint density at radius 2 is 1.50 bits per heavy atom. The summed E-state index contributed by atoms with van der Waals surface area (Å²) in [5.41, 5.74) is 6.84. The number of allylic oxidation sites excluding steroid dienone is 4. The summed E-state index contributed by atoms with van der Waals surface area (Å²) in [6.45, 7) is 14.4. The van der Waals surface area contributed by atoms with Crippen molar-refractivity contribution in [3.05, 3.63) is 53.1 Å². The Morgan fingerprint density at radius 1 is 0.958 bits per heavy atom. The molecule has 0 amide bonds. The normalized spacial score (nSPS) is 18.5. The van der Waals surface area contributed by atoms with Crippen LogP contribution >= 0.6 is 17.0 Å². The molecule has 0 bridgehead atoms. The molecule has 1 aromatic rings. The minimum atomic E-state index is -0.826. The fourth-order valence-electron chi connectivity index (χ4n) is 4.56. The molecule has 0 saturated heterocycles. The molecule has 0 aliphatic heterocycles. The molecule has 1 aromatic carbocycles. The Bertz CT molecular complexity index is 643. The van der Waals surface area contributed by atoms with Gasteiger partial charge in [0, 0.05) is 5.41 Å². The van der Waals surface area contributed by atoms with Crippen molar-refractivity contribution in [2.75, 3.05) is 0 Å². The predicted octanol–water partition coefficient (Wildman–Crippen LogP) is 7.41. The average Bonchev–Trinajstić information content (AvgIpc) is 2.83. The van der Waals surface area contributed by atoms with Crippen LogP contribution in [0.15, 0.2) is 42.0 Å². The molecule has 0 spiro atoms. The second kappa shape index (κ2) is 7.42. The molecule has 2 aliphatic carbocycles. The third-order valence-corrected chi connectivity index (χ3v) is 5.81. The van der Waals surface area contributed by atoms with Crippen LogP contribution in [0, 0.1) is 16.2 Å². The van der Waals surface area contributed by atoms with Gasteiger partial charge in [-0.15, -0.1) is 0 Å². The minimum absolute atomic E-state index is 0.205. The van der Waals surface area contributed by atoms with E-state index in [1.165, 1.54) is 17.5 Å². The molecule has 0 fully saturated rings. The molecule has 24 heavy (non-hydrogen) atoms. The summed E-state index contributed by atoms with van der Waals surface area (Å²) in [4.78, 5) is 0. The van der Waals surface area contributed by atoms with Crippen molar-refractivity contribution < 1.29 is 20.8 Å². The van der Waals surface area contributed by atoms with Crippen molar-refractivity contribution in [1.29, 1.82) is 0 Å². The van der Waals surface area contributed by atoms with Gasteiger partial charge in [-0.05, 0) is 45.9 Å². The van der Waals surface area contributed by atoms with Crippen LogP contribution in [0.25, 0.3) is 5.57 Å². The summed E-state index contributed by atoms with van der Waals surface area (Å²) in [6, 6.07) is 8.95. The van der Waals surface area contributed by atoms with Crippen LogP contribution in [0.4, 0.5) is 0 Å². The van der Waals surface area contributed by atoms with E-state index in [1.54, 1.807) is 11.1 Å². The van der Waals surface area contributed by atoms with Crippen LogP contribution in [0.1, 0.15) is 59.1 Å². The van der Waals surface area contributed by atoms with E-state index in [1.807, 2.05) is 0 Å². The van der Waals surface area contributed by atoms with Gasteiger partial charge in [0.1, 0.15) is 0 Å². The molecule has 0 heterocycles. The van der Waals surface area contributed by atoms with Gasteiger partial charge in [0.2, 0.25) is 0 Å². The van der Waals surface area contributed by atoms with Crippen LogP contribution < -0.4 is 0 Å². The molecule has 0 unspecified atom stereocenters. The third kappa shape index (κ3) is 3.65. The summed E-state index contributed by atoms with van der Waals surface area (Å²) in [7, 11) is 9.87. The zero-order chi connectivity index (χ0) is 18.2. The molecule has 130 valence electrons. The van der Waals surface area contributed by atoms with Crippen LogP contribution in [0.2, 0.25) is 0 Å². The van der Waals surface area contributed by atoms with Gasteiger partial charge in [0.15, 0.2) is 0 Å². The molecule has 3 heteroatoms. The van der Waals surface area contributed by atoms with E-state index in [0.717, 1.165) is 6.42 Å². The zero-order valence-corrected chi connectivity index (χ0v) is 19.6. The molecule has 2 aliphatic rings. The molecular weight excluding hydrogens is 414 g/mol. The van der Waals surface area contributed by atoms with Crippen molar-refractivity contribution >= 4 is 22.6 Å². The Kier molecular flexibility index (Phi) is 6.33. The van der Waals surface area contributed by atoms with Crippen molar-refractivity contribution in [2.24, 2.45) is 16.2 Å². The number of fused-ring (bicyclic) bond motifs is 2. The topological polar surface area (TPSA) is 0 Å². The Morgan fingerprint density at radius 3 is 2.04 bits per heavy atom. The van der Waals surface area contributed by atoms with Crippen molar-refractivity contribution in [1.82, 2.24) is 0 Å². The summed E-state index contributed by atoms with van der Waals surface area (Å²) in [6.07, 6.45) is 7.24. The second-order valence-electron chi connectivity index (χ2n) is 8.89. The Labute approximate surface area is 166 Å². The first kappa shape index (κ1) is 20.5. The SMILES string of the molecule is CC(C)(C)C1(C(C)(C)C)C=CC2=C(C1)c1ccccc1C2.[Cl][Zr][Cl]. The maximum absolute atomic E-state index is 4.93. The summed E-state index contributed by atoms with van der Waals surface area (Å²) >= 11 is -0.826. The van der Waals surface area contributed by atoms with Crippen molar-refractivity contribution in [2.45, 2.75) is 54.4 Å². The fourth-order valence-corrected chi connectivity index (χ4v) is 4.56. The van der Waals surface area contributed by atoms with Crippen LogP contribution in [0.5, 0.6) is 0 Å². The Hall–Kier alpha value is 0.163. The standard InChI is InChI=1S/C21H28.2ClH.Zr/c1-19(2,3)21(20(4,5)6)12-11-16-13-15-9-7-8-10-17(15)18(16)14-21;;;/h7-12H,13-14H2,1-6H3;2*1H;/q;;;+2/p-2. The summed E-state index contributed by atoms with van der Waals surface area (Å²) in [5.74, 6) is 0. The number of halogens is 2. The van der Waals surface area contributed by atoms with Crippen molar-refractivity contribution in [3.63, 3.8) is 0 Å². The number of hydrogen-bond acceptors (Lipinski definition) is 0. The van der Waals surface area contributed by atoms with Crippen molar-refractivity contribution in [3.8, 4) is 0 Å². The third-order valence-electron chi connectivity index (χ3n) is 5.81. The van der Waals surface area contributed by atoms with Gasteiger partial charge in [-0.1, -0.05) is 78.0 Å². The quantitative estimate of drug-likeness (QED) is 0.392. The molecule has 0 nitrogen and oxygen atoms in total. The molecule has 0 saturated carbocycles. The summed E-state index contributed by atoms with van der Waals surface area (Å²) < 4.78 is 0. The Balaban J connectivity index is 0.000000647. The molecule has 0 aromatic heterocycles. The van der Waals surface area contributed by atoms with E-state index >= 15 is 0 Å². The van der Waals surface area contributed by atoms with Crippen LogP contribution in [0.3, 0.4) is 0 Å². The van der Waals surface area contributed by atoms with E-state index in [2.05, 4.69) is 78.0 Å². The van der Waals surface area contributed by atoms with Gasteiger partial charge >= 0.3 is 37.9 Å². The van der Waals surface area contributed by atoms with Gasteiger partial charge < -0.3 is 0 Å². The number of hydrogen-bond donors (Lipinski definition) is 0. The second-order valence-corrected chi connectivity index (χ2v) is 12.6. The van der Waals surface area contributed by atoms with Gasteiger partial charge in [0.05, 0.1) is 0 Å². The number of benzene rings is 1. The van der Waals surface area contributed by atoms with Gasteiger partial charge in [-0.3, -0.25) is 0 Å². The van der Waals surface area contributed by atoms with E-state index in [0.29, 0.717) is 0 Å². The molecular formula is C21H28Cl2Zr. The van der Waals surface area contributed by atoms with Gasteiger partial charge in [-0.25, -0.2) is 0 Å². The number of rotatable bonds is 0. The first-order chi connectivity index (χ1) is 11.1. The average molecular weight is 443 g/mol. The van der Waals surface area contributed by atoms with Crippen LogP contribution in [-0.2, 0) is 27.3 Å². The molecule has 0 radical (unpaired) electrons. The van der Waals surface area contributed by atoms with Gasteiger partial charge in [-0.2, -0.15) is 0 Å². The monoisotopic (exact) mass is 440 g/mol. The molecule has 0 atom stereocenters.